The Bertz CT molecular complexity index is 567. The molecule has 28 heavy (non-hydrogen) atoms. The monoisotopic (exact) mass is 391 g/mol. The van der Waals surface area contributed by atoms with Crippen LogP contribution in [0.1, 0.15) is 85.5 Å². The zero-order valence-electron chi connectivity index (χ0n) is 18.7. The molecular formula is C25H45NO2. The van der Waals surface area contributed by atoms with E-state index in [4.69, 9.17) is 5.73 Å². The lowest BCUT2D eigenvalue weighted by molar-refractivity contribution is -0.203. The van der Waals surface area contributed by atoms with Crippen LogP contribution < -0.4 is 5.73 Å². The number of fused-ring (bicyclic) bond motifs is 5. The fraction of sp³-hybridized carbons (Fsp3) is 1.00. The van der Waals surface area contributed by atoms with Crippen LogP contribution in [-0.2, 0) is 0 Å². The molecule has 162 valence electrons. The maximum Gasteiger partial charge on any atom is 0.0605 e. The van der Waals surface area contributed by atoms with Gasteiger partial charge < -0.3 is 15.9 Å². The van der Waals surface area contributed by atoms with Gasteiger partial charge in [0.2, 0.25) is 0 Å². The predicted molar refractivity (Wildman–Crippen MR) is 115 cm³/mol. The van der Waals surface area contributed by atoms with Crippen LogP contribution in [0.5, 0.6) is 0 Å². The van der Waals surface area contributed by atoms with Gasteiger partial charge >= 0.3 is 0 Å². The molecule has 0 aromatic heterocycles. The highest BCUT2D eigenvalue weighted by Gasteiger charge is 2.64. The second-order valence-electron chi connectivity index (χ2n) is 11.7. The van der Waals surface area contributed by atoms with Crippen molar-refractivity contribution in [2.45, 2.75) is 97.7 Å². The molecule has 3 nitrogen and oxygen atoms in total. The third kappa shape index (κ3) is 2.94. The number of aliphatic hydroxyl groups is 2. The van der Waals surface area contributed by atoms with Crippen LogP contribution in [0.15, 0.2) is 0 Å². The van der Waals surface area contributed by atoms with E-state index in [-0.39, 0.29) is 12.2 Å². The lowest BCUT2D eigenvalue weighted by Crippen LogP contribution is -2.62. The molecule has 0 unspecified atom stereocenters. The van der Waals surface area contributed by atoms with Gasteiger partial charge in [0.15, 0.2) is 0 Å². The molecule has 4 aliphatic rings. The van der Waals surface area contributed by atoms with Crippen molar-refractivity contribution in [1.82, 2.24) is 0 Å². The number of aliphatic hydroxyl groups excluding tert-OH is 2. The first kappa shape index (κ1) is 21.1. The number of rotatable bonds is 4. The van der Waals surface area contributed by atoms with Crippen LogP contribution in [0.3, 0.4) is 0 Å². The molecule has 4 saturated carbocycles. The quantitative estimate of drug-likeness (QED) is 0.656. The maximum atomic E-state index is 11.7. The van der Waals surface area contributed by atoms with Crippen molar-refractivity contribution in [2.75, 3.05) is 6.54 Å². The van der Waals surface area contributed by atoms with Crippen LogP contribution in [0.2, 0.25) is 0 Å². The second kappa shape index (κ2) is 7.54. The SMILES string of the molecule is CC[C@H]1[C@@H](O)[C@@H]2[C@H](CC[C@]3(C)[C@@H]([C@H](C)CCN)CC[C@@H]23)[C@@]2(C)CC[C@@H](O)C[C@@H]12. The van der Waals surface area contributed by atoms with E-state index in [1.165, 1.54) is 25.7 Å². The van der Waals surface area contributed by atoms with E-state index < -0.39 is 0 Å². The topological polar surface area (TPSA) is 66.5 Å². The van der Waals surface area contributed by atoms with Crippen molar-refractivity contribution in [3.8, 4) is 0 Å². The Hall–Kier alpha value is -0.120. The summed E-state index contributed by atoms with van der Waals surface area (Å²) in [5.74, 6) is 4.12. The lowest BCUT2D eigenvalue weighted by Gasteiger charge is -2.64. The van der Waals surface area contributed by atoms with E-state index in [9.17, 15) is 10.2 Å². The van der Waals surface area contributed by atoms with E-state index in [1.807, 2.05) is 0 Å². The molecule has 0 radical (unpaired) electrons. The average molecular weight is 392 g/mol. The van der Waals surface area contributed by atoms with Gasteiger partial charge in [-0.1, -0.05) is 34.1 Å². The third-order valence-corrected chi connectivity index (χ3v) is 10.8. The molecule has 4 fully saturated rings. The zero-order chi connectivity index (χ0) is 20.3. The van der Waals surface area contributed by atoms with E-state index >= 15 is 0 Å². The minimum atomic E-state index is -0.174. The zero-order valence-corrected chi connectivity index (χ0v) is 18.7. The first-order valence-corrected chi connectivity index (χ1v) is 12.3. The fourth-order valence-electron chi connectivity index (χ4n) is 9.40. The standard InChI is InChI=1S/C25H45NO2/c1-5-17-21-14-16(27)8-11-25(21,4)20-9-12-24(3)18(15(2)10-13-26)6-7-19(24)22(20)23(17)28/h15-23,27-28H,5-14,26H2,1-4H3/t15-,16-,17-,18-,19+,20+,21+,22+,23-,24-,25-/m1/s1. The average Bonchev–Trinajstić information content (AvgIpc) is 3.01. The largest absolute Gasteiger partial charge is 0.393 e. The highest BCUT2D eigenvalue weighted by atomic mass is 16.3. The number of nitrogens with two attached hydrogens (primary N) is 1. The van der Waals surface area contributed by atoms with Gasteiger partial charge in [-0.3, -0.25) is 0 Å². The van der Waals surface area contributed by atoms with Gasteiger partial charge in [0.25, 0.3) is 0 Å². The van der Waals surface area contributed by atoms with Crippen molar-refractivity contribution >= 4 is 0 Å². The van der Waals surface area contributed by atoms with Gasteiger partial charge in [0.1, 0.15) is 0 Å². The van der Waals surface area contributed by atoms with E-state index in [0.717, 1.165) is 44.6 Å². The van der Waals surface area contributed by atoms with Gasteiger partial charge in [-0.25, -0.2) is 0 Å². The highest BCUT2D eigenvalue weighted by Crippen LogP contribution is 2.69. The normalized spacial score (nSPS) is 54.5. The van der Waals surface area contributed by atoms with Crippen LogP contribution >= 0.6 is 0 Å². The van der Waals surface area contributed by atoms with Crippen LogP contribution in [-0.4, -0.2) is 29.0 Å². The van der Waals surface area contributed by atoms with Crippen molar-refractivity contribution < 1.29 is 10.2 Å². The molecule has 0 bridgehead atoms. The molecule has 3 heteroatoms. The summed E-state index contributed by atoms with van der Waals surface area (Å²) >= 11 is 0. The van der Waals surface area contributed by atoms with E-state index in [2.05, 4.69) is 27.7 Å². The summed E-state index contributed by atoms with van der Waals surface area (Å²) in [5.41, 5.74) is 6.61. The third-order valence-electron chi connectivity index (χ3n) is 10.8. The Morgan fingerprint density at radius 3 is 2.32 bits per heavy atom. The molecule has 0 heterocycles. The summed E-state index contributed by atoms with van der Waals surface area (Å²) in [6, 6.07) is 0. The molecule has 4 N–H and O–H groups in total. The fourth-order valence-corrected chi connectivity index (χ4v) is 9.40. The molecule has 0 aliphatic heterocycles. The summed E-state index contributed by atoms with van der Waals surface area (Å²) < 4.78 is 0. The first-order chi connectivity index (χ1) is 13.3. The lowest BCUT2D eigenvalue weighted by atomic mass is 9.41. The highest BCUT2D eigenvalue weighted by molar-refractivity contribution is 5.13. The van der Waals surface area contributed by atoms with E-state index in [1.54, 1.807) is 0 Å². The van der Waals surface area contributed by atoms with Gasteiger partial charge in [-0.2, -0.15) is 0 Å². The Balaban J connectivity index is 1.67. The van der Waals surface area contributed by atoms with Crippen LogP contribution in [0.25, 0.3) is 0 Å². The molecule has 4 rings (SSSR count). The Labute approximate surface area is 172 Å². The molecule has 0 amide bonds. The number of hydrogen-bond donors (Lipinski definition) is 3. The molecular weight excluding hydrogens is 346 g/mol. The van der Waals surface area contributed by atoms with E-state index in [0.29, 0.717) is 46.3 Å². The van der Waals surface area contributed by atoms with Crippen molar-refractivity contribution in [3.63, 3.8) is 0 Å². The van der Waals surface area contributed by atoms with Crippen LogP contribution in [0, 0.1) is 52.3 Å². The van der Waals surface area contributed by atoms with Gasteiger partial charge in [0.05, 0.1) is 12.2 Å². The molecule has 0 aromatic carbocycles. The first-order valence-electron chi connectivity index (χ1n) is 12.3. The summed E-state index contributed by atoms with van der Waals surface area (Å²) in [5, 5.41) is 22.1. The smallest absolute Gasteiger partial charge is 0.0605 e. The minimum Gasteiger partial charge on any atom is -0.393 e. The molecule has 4 aliphatic carbocycles. The van der Waals surface area contributed by atoms with Crippen LogP contribution in [0.4, 0.5) is 0 Å². The van der Waals surface area contributed by atoms with Gasteiger partial charge in [-0.05, 0) is 110 Å². The molecule has 0 spiro atoms. The molecule has 0 saturated heterocycles. The Kier molecular flexibility index (Phi) is 5.69. The summed E-state index contributed by atoms with van der Waals surface area (Å²) in [6.45, 7) is 10.6. The van der Waals surface area contributed by atoms with Gasteiger partial charge in [-0.15, -0.1) is 0 Å². The maximum absolute atomic E-state index is 11.7. The molecule has 11 atom stereocenters. The van der Waals surface area contributed by atoms with Crippen molar-refractivity contribution in [1.29, 1.82) is 0 Å². The summed E-state index contributed by atoms with van der Waals surface area (Å²) in [6.07, 6.45) is 10.1. The minimum absolute atomic E-state index is 0.155. The predicted octanol–water partition coefficient (Wildman–Crippen LogP) is 4.60. The summed E-state index contributed by atoms with van der Waals surface area (Å²) in [7, 11) is 0. The summed E-state index contributed by atoms with van der Waals surface area (Å²) in [4.78, 5) is 0. The van der Waals surface area contributed by atoms with Gasteiger partial charge in [0, 0.05) is 0 Å². The van der Waals surface area contributed by atoms with Crippen molar-refractivity contribution in [2.24, 2.45) is 58.0 Å². The molecule has 0 aromatic rings. The number of hydrogen-bond acceptors (Lipinski definition) is 3. The van der Waals surface area contributed by atoms with Crippen molar-refractivity contribution in [3.05, 3.63) is 0 Å². The Morgan fingerprint density at radius 1 is 0.964 bits per heavy atom. The Morgan fingerprint density at radius 2 is 1.64 bits per heavy atom. The second-order valence-corrected chi connectivity index (χ2v) is 11.7.